The van der Waals surface area contributed by atoms with Gasteiger partial charge in [0.2, 0.25) is 5.91 Å². The molecule has 1 N–H and O–H groups in total. The number of hydrogen-bond donors (Lipinski definition) is 1. The van der Waals surface area contributed by atoms with Gasteiger partial charge in [0, 0.05) is 17.1 Å². The summed E-state index contributed by atoms with van der Waals surface area (Å²) in [5, 5.41) is 8.31. The van der Waals surface area contributed by atoms with Crippen molar-refractivity contribution >= 4 is 34.8 Å². The molecule has 0 spiro atoms. The fraction of sp³-hybridized carbons (Fsp3) is 0.417. The van der Waals surface area contributed by atoms with Crippen LogP contribution in [0.25, 0.3) is 0 Å². The number of hydrogen-bond acceptors (Lipinski definition) is 6. The summed E-state index contributed by atoms with van der Waals surface area (Å²) in [7, 11) is 0. The Morgan fingerprint density at radius 1 is 1.58 bits per heavy atom. The molecule has 0 fully saturated rings. The van der Waals surface area contributed by atoms with Gasteiger partial charge in [0.05, 0.1) is 5.25 Å². The number of aryl methyl sites for hydroxylation is 2. The number of thiazole rings is 1. The van der Waals surface area contributed by atoms with Crippen LogP contribution >= 0.6 is 23.1 Å². The lowest BCUT2D eigenvalue weighted by Crippen LogP contribution is -2.24. The van der Waals surface area contributed by atoms with Gasteiger partial charge in [0.15, 0.2) is 10.2 Å². The standard InChI is InChI=1S/C12H15N3O2S2/c1-4-9(19-12-13-7(2)6-18-12)11(16)14-10-5-8(3)17-15-10/h5-6,9H,4H2,1-3H3,(H,14,15,16)/t9-/m1/s1. The summed E-state index contributed by atoms with van der Waals surface area (Å²) < 4.78 is 5.83. The summed E-state index contributed by atoms with van der Waals surface area (Å²) in [6.07, 6.45) is 0.728. The van der Waals surface area contributed by atoms with Crippen molar-refractivity contribution in [3.05, 3.63) is 22.9 Å². The van der Waals surface area contributed by atoms with Gasteiger partial charge < -0.3 is 9.84 Å². The van der Waals surface area contributed by atoms with Gasteiger partial charge in [-0.05, 0) is 20.3 Å². The van der Waals surface area contributed by atoms with Crippen LogP contribution in [0.3, 0.4) is 0 Å². The Kier molecular flexibility index (Phi) is 4.60. The molecule has 0 radical (unpaired) electrons. The second-order valence-corrected chi connectivity index (χ2v) is 6.39. The molecule has 0 aliphatic carbocycles. The number of aromatic nitrogens is 2. The summed E-state index contributed by atoms with van der Waals surface area (Å²) in [4.78, 5) is 16.5. The molecule has 0 unspecified atom stereocenters. The van der Waals surface area contributed by atoms with E-state index in [1.807, 2.05) is 19.2 Å². The van der Waals surface area contributed by atoms with E-state index in [0.29, 0.717) is 11.6 Å². The maximum absolute atomic E-state index is 12.1. The first-order valence-electron chi connectivity index (χ1n) is 5.91. The Labute approximate surface area is 119 Å². The zero-order valence-corrected chi connectivity index (χ0v) is 12.6. The molecule has 0 aliphatic heterocycles. The summed E-state index contributed by atoms with van der Waals surface area (Å²) >= 11 is 3.04. The highest BCUT2D eigenvalue weighted by Crippen LogP contribution is 2.29. The van der Waals surface area contributed by atoms with Crippen molar-refractivity contribution in [2.75, 3.05) is 5.32 Å². The van der Waals surface area contributed by atoms with Crippen LogP contribution in [0.1, 0.15) is 24.8 Å². The monoisotopic (exact) mass is 297 g/mol. The molecular weight excluding hydrogens is 282 g/mol. The summed E-state index contributed by atoms with van der Waals surface area (Å²) in [5.74, 6) is 1.05. The molecule has 0 bridgehead atoms. The maximum atomic E-state index is 12.1. The molecule has 0 saturated carbocycles. The Morgan fingerprint density at radius 2 is 2.37 bits per heavy atom. The summed E-state index contributed by atoms with van der Waals surface area (Å²) in [6, 6.07) is 1.70. The van der Waals surface area contributed by atoms with Crippen LogP contribution in [0, 0.1) is 13.8 Å². The first-order valence-corrected chi connectivity index (χ1v) is 7.67. The van der Waals surface area contributed by atoms with Gasteiger partial charge in [0.25, 0.3) is 0 Å². The Balaban J connectivity index is 1.98. The van der Waals surface area contributed by atoms with Crippen molar-refractivity contribution in [3.8, 4) is 0 Å². The predicted octanol–water partition coefficient (Wildman–Crippen LogP) is 3.26. The topological polar surface area (TPSA) is 68.0 Å². The number of nitrogens with zero attached hydrogens (tertiary/aromatic N) is 2. The molecule has 0 saturated heterocycles. The van der Waals surface area contributed by atoms with E-state index in [0.717, 1.165) is 16.5 Å². The van der Waals surface area contributed by atoms with Crippen molar-refractivity contribution in [2.45, 2.75) is 36.8 Å². The predicted molar refractivity (Wildman–Crippen MR) is 76.7 cm³/mol. The van der Waals surface area contributed by atoms with E-state index in [1.165, 1.54) is 11.8 Å². The summed E-state index contributed by atoms with van der Waals surface area (Å²) in [5.41, 5.74) is 0.981. The van der Waals surface area contributed by atoms with Gasteiger partial charge in [-0.3, -0.25) is 4.79 Å². The number of rotatable bonds is 5. The van der Waals surface area contributed by atoms with E-state index in [9.17, 15) is 4.79 Å². The molecule has 2 heterocycles. The van der Waals surface area contributed by atoms with Gasteiger partial charge in [-0.2, -0.15) is 0 Å². The molecule has 0 aromatic carbocycles. The Morgan fingerprint density at radius 3 is 2.89 bits per heavy atom. The maximum Gasteiger partial charge on any atom is 0.239 e. The molecular formula is C12H15N3O2S2. The quantitative estimate of drug-likeness (QED) is 0.858. The second kappa shape index (κ2) is 6.21. The molecule has 1 atom stereocenters. The third kappa shape index (κ3) is 3.81. The van der Waals surface area contributed by atoms with Gasteiger partial charge in [-0.25, -0.2) is 4.98 Å². The van der Waals surface area contributed by atoms with Gasteiger partial charge >= 0.3 is 0 Å². The number of nitrogens with one attached hydrogen (secondary N) is 1. The first-order chi connectivity index (χ1) is 9.08. The largest absolute Gasteiger partial charge is 0.360 e. The van der Waals surface area contributed by atoms with Gasteiger partial charge in [-0.15, -0.1) is 11.3 Å². The Bertz CT molecular complexity index is 565. The molecule has 0 aliphatic rings. The number of carbonyl (C=O) groups is 1. The molecule has 5 nitrogen and oxygen atoms in total. The number of anilines is 1. The van der Waals surface area contributed by atoms with E-state index in [4.69, 9.17) is 4.52 Å². The fourth-order valence-electron chi connectivity index (χ4n) is 1.46. The Hall–Kier alpha value is -1.34. The minimum Gasteiger partial charge on any atom is -0.360 e. The highest BCUT2D eigenvalue weighted by atomic mass is 32.2. The highest BCUT2D eigenvalue weighted by molar-refractivity contribution is 8.02. The van der Waals surface area contributed by atoms with E-state index < -0.39 is 0 Å². The smallest absolute Gasteiger partial charge is 0.239 e. The average molecular weight is 297 g/mol. The SMILES string of the molecule is CC[C@@H](Sc1nc(C)cs1)C(=O)Nc1cc(C)on1. The average Bonchev–Trinajstić information content (AvgIpc) is 2.95. The lowest BCUT2D eigenvalue weighted by Gasteiger charge is -2.11. The first kappa shape index (κ1) is 14.1. The van der Waals surface area contributed by atoms with E-state index in [1.54, 1.807) is 24.3 Å². The van der Waals surface area contributed by atoms with Crippen LogP contribution in [-0.4, -0.2) is 21.3 Å². The van der Waals surface area contributed by atoms with Crippen LogP contribution in [0.2, 0.25) is 0 Å². The van der Waals surface area contributed by atoms with Crippen LogP contribution in [0.15, 0.2) is 20.3 Å². The third-order valence-electron chi connectivity index (χ3n) is 2.38. The molecule has 1 amide bonds. The van der Waals surface area contributed by atoms with Crippen LogP contribution in [-0.2, 0) is 4.79 Å². The van der Waals surface area contributed by atoms with E-state index >= 15 is 0 Å². The molecule has 7 heteroatoms. The number of amides is 1. The van der Waals surface area contributed by atoms with Crippen molar-refractivity contribution in [1.29, 1.82) is 0 Å². The van der Waals surface area contributed by atoms with Crippen LogP contribution in [0.5, 0.6) is 0 Å². The lowest BCUT2D eigenvalue weighted by atomic mass is 10.3. The molecule has 2 aromatic heterocycles. The van der Waals surface area contributed by atoms with Crippen LogP contribution in [0.4, 0.5) is 5.82 Å². The molecule has 2 aromatic rings. The minimum absolute atomic E-state index is 0.0753. The minimum atomic E-state index is -0.178. The zero-order chi connectivity index (χ0) is 13.8. The van der Waals surface area contributed by atoms with Gasteiger partial charge in [0.1, 0.15) is 5.76 Å². The molecule has 2 rings (SSSR count). The van der Waals surface area contributed by atoms with Crippen molar-refractivity contribution in [2.24, 2.45) is 0 Å². The number of thioether (sulfide) groups is 1. The normalized spacial score (nSPS) is 12.4. The van der Waals surface area contributed by atoms with Crippen molar-refractivity contribution < 1.29 is 9.32 Å². The highest BCUT2D eigenvalue weighted by Gasteiger charge is 2.20. The van der Waals surface area contributed by atoms with Crippen molar-refractivity contribution in [1.82, 2.24) is 10.1 Å². The van der Waals surface area contributed by atoms with E-state index in [-0.39, 0.29) is 11.2 Å². The molecule has 19 heavy (non-hydrogen) atoms. The number of carbonyl (C=O) groups excluding carboxylic acids is 1. The van der Waals surface area contributed by atoms with Crippen LogP contribution < -0.4 is 5.32 Å². The fourth-order valence-corrected chi connectivity index (χ4v) is 3.47. The summed E-state index contributed by atoms with van der Waals surface area (Å²) in [6.45, 7) is 5.71. The van der Waals surface area contributed by atoms with Gasteiger partial charge in [-0.1, -0.05) is 23.8 Å². The third-order valence-corrected chi connectivity index (χ3v) is 4.84. The van der Waals surface area contributed by atoms with E-state index in [2.05, 4.69) is 15.5 Å². The second-order valence-electron chi connectivity index (χ2n) is 4.08. The van der Waals surface area contributed by atoms with Crippen molar-refractivity contribution in [3.63, 3.8) is 0 Å². The lowest BCUT2D eigenvalue weighted by molar-refractivity contribution is -0.115. The zero-order valence-electron chi connectivity index (χ0n) is 11.0. The molecule has 102 valence electrons.